The van der Waals surface area contributed by atoms with Gasteiger partial charge in [0, 0.05) is 12.2 Å². The van der Waals surface area contributed by atoms with Gasteiger partial charge in [0.05, 0.1) is 11.9 Å². The molecule has 1 amide bonds. The highest BCUT2D eigenvalue weighted by Gasteiger charge is 2.30. The Morgan fingerprint density at radius 2 is 2.09 bits per heavy atom. The minimum Gasteiger partial charge on any atom is -0.444 e. The van der Waals surface area contributed by atoms with Crippen LogP contribution in [0.4, 0.5) is 10.5 Å². The van der Waals surface area contributed by atoms with Crippen LogP contribution in [0.3, 0.4) is 0 Å². The van der Waals surface area contributed by atoms with Gasteiger partial charge in [0.25, 0.3) is 0 Å². The number of nitrogen functional groups attached to an aromatic ring is 1. The van der Waals surface area contributed by atoms with E-state index in [2.05, 4.69) is 17.2 Å². The van der Waals surface area contributed by atoms with Crippen LogP contribution < -0.4 is 11.1 Å². The van der Waals surface area contributed by atoms with E-state index in [-0.39, 0.29) is 12.1 Å². The number of hydrogen-bond donors (Lipinski definition) is 2. The van der Waals surface area contributed by atoms with Gasteiger partial charge in [-0.1, -0.05) is 6.92 Å². The molecule has 1 heterocycles. The monoisotopic (exact) mass is 305 g/mol. The van der Waals surface area contributed by atoms with Crippen molar-refractivity contribution in [2.75, 3.05) is 5.73 Å². The second-order valence-electron chi connectivity index (χ2n) is 7.36. The summed E-state index contributed by atoms with van der Waals surface area (Å²) in [5.41, 5.74) is 7.45. The standard InChI is InChI=1S/C17H27N3O2/c1-11-7-12(14-5-6-19-10-15(14)18)9-13(8-11)20-16(21)22-17(2,3)4/h5-6,10-13H,7-9,18H2,1-4H3,(H,20,21)/t11-,12+,13?/m1/s1. The third-order valence-corrected chi connectivity index (χ3v) is 3.99. The molecule has 5 nitrogen and oxygen atoms in total. The van der Waals surface area contributed by atoms with Crippen molar-refractivity contribution in [2.45, 2.75) is 64.5 Å². The molecule has 1 aromatic heterocycles. The SMILES string of the molecule is C[C@H]1CC(NC(=O)OC(C)(C)C)C[C@@H](c2ccncc2N)C1. The second-order valence-corrected chi connectivity index (χ2v) is 7.36. The smallest absolute Gasteiger partial charge is 0.407 e. The molecule has 2 rings (SSSR count). The summed E-state index contributed by atoms with van der Waals surface area (Å²) in [7, 11) is 0. The number of nitrogens with two attached hydrogens (primary N) is 1. The third kappa shape index (κ3) is 4.61. The van der Waals surface area contributed by atoms with Crippen molar-refractivity contribution in [1.82, 2.24) is 10.3 Å². The van der Waals surface area contributed by atoms with Gasteiger partial charge in [0.2, 0.25) is 0 Å². The number of carbonyl (C=O) groups is 1. The van der Waals surface area contributed by atoms with Gasteiger partial charge in [-0.2, -0.15) is 0 Å². The fraction of sp³-hybridized carbons (Fsp3) is 0.647. The molecular weight excluding hydrogens is 278 g/mol. The summed E-state index contributed by atoms with van der Waals surface area (Å²) < 4.78 is 5.36. The minimum atomic E-state index is -0.473. The quantitative estimate of drug-likeness (QED) is 0.877. The number of nitrogens with zero attached hydrogens (tertiary/aromatic N) is 1. The van der Waals surface area contributed by atoms with Crippen molar-refractivity contribution < 1.29 is 9.53 Å². The molecule has 0 aliphatic heterocycles. The molecule has 0 radical (unpaired) electrons. The topological polar surface area (TPSA) is 77.2 Å². The summed E-state index contributed by atoms with van der Waals surface area (Å²) in [6.45, 7) is 7.83. The molecule has 1 fully saturated rings. The zero-order valence-corrected chi connectivity index (χ0v) is 13.9. The van der Waals surface area contributed by atoms with E-state index in [9.17, 15) is 4.79 Å². The fourth-order valence-corrected chi connectivity index (χ4v) is 3.24. The Balaban J connectivity index is 2.02. The van der Waals surface area contributed by atoms with Gasteiger partial charge < -0.3 is 15.8 Å². The van der Waals surface area contributed by atoms with Crippen LogP contribution in [0.15, 0.2) is 18.5 Å². The zero-order chi connectivity index (χ0) is 16.3. The predicted octanol–water partition coefficient (Wildman–Crippen LogP) is 3.46. The van der Waals surface area contributed by atoms with E-state index in [4.69, 9.17) is 10.5 Å². The van der Waals surface area contributed by atoms with Crippen LogP contribution in [-0.4, -0.2) is 22.7 Å². The van der Waals surface area contributed by atoms with Gasteiger partial charge in [0.15, 0.2) is 0 Å². The number of aromatic nitrogens is 1. The van der Waals surface area contributed by atoms with E-state index >= 15 is 0 Å². The Morgan fingerprint density at radius 1 is 1.36 bits per heavy atom. The highest BCUT2D eigenvalue weighted by Crippen LogP contribution is 2.38. The van der Waals surface area contributed by atoms with Gasteiger partial charge in [-0.3, -0.25) is 4.98 Å². The van der Waals surface area contributed by atoms with Crippen LogP contribution in [0, 0.1) is 5.92 Å². The highest BCUT2D eigenvalue weighted by atomic mass is 16.6. The molecule has 0 bridgehead atoms. The molecule has 1 aliphatic carbocycles. The molecular formula is C17H27N3O2. The van der Waals surface area contributed by atoms with Gasteiger partial charge in [-0.05, 0) is 63.5 Å². The summed E-state index contributed by atoms with van der Waals surface area (Å²) >= 11 is 0. The van der Waals surface area contributed by atoms with Gasteiger partial charge in [-0.15, -0.1) is 0 Å². The fourth-order valence-electron chi connectivity index (χ4n) is 3.24. The van der Waals surface area contributed by atoms with Crippen molar-refractivity contribution in [2.24, 2.45) is 5.92 Å². The molecule has 1 unspecified atom stereocenters. The van der Waals surface area contributed by atoms with E-state index in [1.165, 1.54) is 0 Å². The highest BCUT2D eigenvalue weighted by molar-refractivity contribution is 5.68. The molecule has 122 valence electrons. The predicted molar refractivity (Wildman–Crippen MR) is 87.6 cm³/mol. The number of hydrogen-bond acceptors (Lipinski definition) is 4. The van der Waals surface area contributed by atoms with Crippen molar-refractivity contribution in [3.8, 4) is 0 Å². The molecule has 5 heteroatoms. The Labute approximate surface area is 132 Å². The third-order valence-electron chi connectivity index (χ3n) is 3.99. The summed E-state index contributed by atoms with van der Waals surface area (Å²) in [5, 5.41) is 3.01. The van der Waals surface area contributed by atoms with Crippen LogP contribution in [0.2, 0.25) is 0 Å². The lowest BCUT2D eigenvalue weighted by atomic mass is 9.76. The van der Waals surface area contributed by atoms with Crippen molar-refractivity contribution in [3.63, 3.8) is 0 Å². The van der Waals surface area contributed by atoms with E-state index in [1.54, 1.807) is 12.4 Å². The van der Waals surface area contributed by atoms with Crippen molar-refractivity contribution in [1.29, 1.82) is 0 Å². The Hall–Kier alpha value is -1.78. The minimum absolute atomic E-state index is 0.121. The van der Waals surface area contributed by atoms with Gasteiger partial charge in [-0.25, -0.2) is 4.79 Å². The average Bonchev–Trinajstić information content (AvgIpc) is 2.35. The number of nitrogens with one attached hydrogen (secondary N) is 1. The lowest BCUT2D eigenvalue weighted by molar-refractivity contribution is 0.0482. The van der Waals surface area contributed by atoms with Crippen LogP contribution >= 0.6 is 0 Å². The molecule has 0 spiro atoms. The van der Waals surface area contributed by atoms with Crippen molar-refractivity contribution in [3.05, 3.63) is 24.0 Å². The molecule has 1 aromatic rings. The first-order chi connectivity index (χ1) is 10.2. The maximum absolute atomic E-state index is 12.0. The van der Waals surface area contributed by atoms with E-state index in [0.717, 1.165) is 30.5 Å². The van der Waals surface area contributed by atoms with Crippen LogP contribution in [-0.2, 0) is 4.74 Å². The largest absolute Gasteiger partial charge is 0.444 e. The Bertz CT molecular complexity index is 525. The normalized spacial score (nSPS) is 25.5. The molecule has 0 saturated heterocycles. The maximum atomic E-state index is 12.0. The van der Waals surface area contributed by atoms with E-state index < -0.39 is 5.60 Å². The number of rotatable bonds is 2. The molecule has 0 aromatic carbocycles. The van der Waals surface area contributed by atoms with Gasteiger partial charge in [0.1, 0.15) is 5.60 Å². The Kier molecular flexibility index (Phi) is 4.94. The molecule has 1 saturated carbocycles. The van der Waals surface area contributed by atoms with Crippen molar-refractivity contribution >= 4 is 11.8 Å². The molecule has 3 atom stereocenters. The number of alkyl carbamates (subject to hydrolysis) is 1. The number of anilines is 1. The lowest BCUT2D eigenvalue weighted by Gasteiger charge is -2.34. The molecule has 22 heavy (non-hydrogen) atoms. The van der Waals surface area contributed by atoms with Crippen LogP contribution in [0.5, 0.6) is 0 Å². The summed E-state index contributed by atoms with van der Waals surface area (Å²) in [4.78, 5) is 16.0. The Morgan fingerprint density at radius 3 is 2.73 bits per heavy atom. The average molecular weight is 305 g/mol. The van der Waals surface area contributed by atoms with Gasteiger partial charge >= 0.3 is 6.09 Å². The number of carbonyl (C=O) groups excluding carboxylic acids is 1. The lowest BCUT2D eigenvalue weighted by Crippen LogP contribution is -2.42. The summed E-state index contributed by atoms with van der Waals surface area (Å²) in [5.74, 6) is 0.887. The summed E-state index contributed by atoms with van der Waals surface area (Å²) in [6, 6.07) is 2.11. The molecule has 3 N–H and O–H groups in total. The zero-order valence-electron chi connectivity index (χ0n) is 13.9. The summed E-state index contributed by atoms with van der Waals surface area (Å²) in [6.07, 6.45) is 6.08. The first-order valence-electron chi connectivity index (χ1n) is 7.93. The first-order valence-corrected chi connectivity index (χ1v) is 7.93. The number of ether oxygens (including phenoxy) is 1. The van der Waals surface area contributed by atoms with Crippen LogP contribution in [0.1, 0.15) is 58.4 Å². The maximum Gasteiger partial charge on any atom is 0.407 e. The first kappa shape index (κ1) is 16.6. The van der Waals surface area contributed by atoms with E-state index in [1.807, 2.05) is 26.8 Å². The molecule has 1 aliphatic rings. The number of amides is 1. The number of pyridine rings is 1. The van der Waals surface area contributed by atoms with Crippen LogP contribution in [0.25, 0.3) is 0 Å². The second kappa shape index (κ2) is 6.55. The van der Waals surface area contributed by atoms with E-state index in [0.29, 0.717) is 11.8 Å².